The highest BCUT2D eigenvalue weighted by Crippen LogP contribution is 2.41. The molecule has 2 unspecified atom stereocenters. The average Bonchev–Trinajstić information content (AvgIpc) is 3.30. The fourth-order valence-electron chi connectivity index (χ4n) is 2.57. The van der Waals surface area contributed by atoms with Crippen LogP contribution in [0.2, 0.25) is 0 Å². The number of ether oxygens (including phenoxy) is 2. The standard InChI is InChI=1S/C16H25NO3/c1-19-11-14(9-10-18)17-16(12-3-4-12)13-5-7-15(20-2)8-6-13/h5-8,12,14,16-18H,3-4,9-11H2,1-2H3. The van der Waals surface area contributed by atoms with Crippen molar-refractivity contribution < 1.29 is 14.6 Å². The zero-order valence-electron chi connectivity index (χ0n) is 12.3. The van der Waals surface area contributed by atoms with Crippen molar-refractivity contribution in [3.8, 4) is 5.75 Å². The summed E-state index contributed by atoms with van der Waals surface area (Å²) in [5.74, 6) is 1.58. The van der Waals surface area contributed by atoms with Crippen LogP contribution in [0, 0.1) is 5.92 Å². The SMILES string of the molecule is COCC(CCO)NC(c1ccc(OC)cc1)C1CC1. The van der Waals surface area contributed by atoms with Crippen molar-refractivity contribution in [1.29, 1.82) is 0 Å². The normalized spacial score (nSPS) is 17.8. The molecule has 1 saturated carbocycles. The van der Waals surface area contributed by atoms with Gasteiger partial charge >= 0.3 is 0 Å². The van der Waals surface area contributed by atoms with Crippen LogP contribution in [0.3, 0.4) is 0 Å². The number of methoxy groups -OCH3 is 2. The van der Waals surface area contributed by atoms with E-state index in [0.717, 1.165) is 5.75 Å². The van der Waals surface area contributed by atoms with E-state index >= 15 is 0 Å². The van der Waals surface area contributed by atoms with Crippen LogP contribution in [0.1, 0.15) is 30.9 Å². The first-order chi connectivity index (χ1) is 9.78. The maximum atomic E-state index is 9.16. The Morgan fingerprint density at radius 3 is 2.45 bits per heavy atom. The minimum Gasteiger partial charge on any atom is -0.497 e. The Hall–Kier alpha value is -1.10. The van der Waals surface area contributed by atoms with Gasteiger partial charge in [0.05, 0.1) is 13.7 Å². The Bertz CT molecular complexity index is 383. The molecule has 0 aliphatic heterocycles. The number of benzene rings is 1. The zero-order chi connectivity index (χ0) is 14.4. The molecule has 0 amide bonds. The smallest absolute Gasteiger partial charge is 0.118 e. The Morgan fingerprint density at radius 1 is 1.25 bits per heavy atom. The Kier molecular flexibility index (Phi) is 5.83. The molecular weight excluding hydrogens is 254 g/mol. The molecule has 0 spiro atoms. The third-order valence-corrected chi connectivity index (χ3v) is 3.83. The highest BCUT2D eigenvalue weighted by molar-refractivity contribution is 5.30. The van der Waals surface area contributed by atoms with Crippen molar-refractivity contribution in [3.63, 3.8) is 0 Å². The van der Waals surface area contributed by atoms with Crippen molar-refractivity contribution in [2.75, 3.05) is 27.4 Å². The largest absolute Gasteiger partial charge is 0.497 e. The van der Waals surface area contributed by atoms with Crippen LogP contribution < -0.4 is 10.1 Å². The van der Waals surface area contributed by atoms with Crippen molar-refractivity contribution in [2.24, 2.45) is 5.92 Å². The lowest BCUT2D eigenvalue weighted by Gasteiger charge is -2.25. The summed E-state index contributed by atoms with van der Waals surface area (Å²) < 4.78 is 10.4. The van der Waals surface area contributed by atoms with Gasteiger partial charge in [-0.15, -0.1) is 0 Å². The van der Waals surface area contributed by atoms with Crippen LogP contribution in [0.15, 0.2) is 24.3 Å². The van der Waals surface area contributed by atoms with E-state index < -0.39 is 0 Å². The summed E-state index contributed by atoms with van der Waals surface area (Å²) in [6.07, 6.45) is 3.25. The zero-order valence-corrected chi connectivity index (χ0v) is 12.3. The third-order valence-electron chi connectivity index (χ3n) is 3.83. The van der Waals surface area contributed by atoms with Crippen molar-refractivity contribution in [2.45, 2.75) is 31.3 Å². The molecule has 0 heterocycles. The molecular formula is C16H25NO3. The number of hydrogen-bond donors (Lipinski definition) is 2. The van der Waals surface area contributed by atoms with Gasteiger partial charge in [0.1, 0.15) is 5.75 Å². The van der Waals surface area contributed by atoms with Crippen LogP contribution in [0.4, 0.5) is 0 Å². The number of aliphatic hydroxyl groups excluding tert-OH is 1. The molecule has 0 radical (unpaired) electrons. The third kappa shape index (κ3) is 4.20. The Labute approximate surface area is 121 Å². The van der Waals surface area contributed by atoms with Crippen LogP contribution in [-0.2, 0) is 4.74 Å². The highest BCUT2D eigenvalue weighted by atomic mass is 16.5. The number of aliphatic hydroxyl groups is 1. The summed E-state index contributed by atoms with van der Waals surface area (Å²) in [6.45, 7) is 0.807. The molecule has 2 N–H and O–H groups in total. The molecule has 4 heteroatoms. The maximum Gasteiger partial charge on any atom is 0.118 e. The lowest BCUT2D eigenvalue weighted by molar-refractivity contribution is 0.140. The summed E-state index contributed by atoms with van der Waals surface area (Å²) in [5.41, 5.74) is 1.28. The first-order valence-electron chi connectivity index (χ1n) is 7.28. The summed E-state index contributed by atoms with van der Waals surface area (Å²) in [6, 6.07) is 8.79. The number of rotatable bonds is 9. The van der Waals surface area contributed by atoms with Crippen LogP contribution in [-0.4, -0.2) is 38.6 Å². The summed E-state index contributed by atoms with van der Waals surface area (Å²) in [7, 11) is 3.38. The minimum absolute atomic E-state index is 0.182. The van der Waals surface area contributed by atoms with Gasteiger partial charge in [-0.3, -0.25) is 0 Å². The van der Waals surface area contributed by atoms with E-state index in [1.165, 1.54) is 18.4 Å². The molecule has 0 saturated heterocycles. The van der Waals surface area contributed by atoms with Gasteiger partial charge in [0, 0.05) is 25.8 Å². The lowest BCUT2D eigenvalue weighted by Crippen LogP contribution is -2.38. The molecule has 1 aromatic rings. The van der Waals surface area contributed by atoms with E-state index in [-0.39, 0.29) is 12.6 Å². The van der Waals surface area contributed by atoms with Gasteiger partial charge in [-0.25, -0.2) is 0 Å². The molecule has 0 bridgehead atoms. The Morgan fingerprint density at radius 2 is 1.95 bits per heavy atom. The average molecular weight is 279 g/mol. The first-order valence-corrected chi connectivity index (χ1v) is 7.28. The van der Waals surface area contributed by atoms with Crippen LogP contribution in [0.25, 0.3) is 0 Å². The fourth-order valence-corrected chi connectivity index (χ4v) is 2.57. The molecule has 112 valence electrons. The van der Waals surface area contributed by atoms with Crippen molar-refractivity contribution >= 4 is 0 Å². The van der Waals surface area contributed by atoms with Gasteiger partial charge in [0.25, 0.3) is 0 Å². The summed E-state index contributed by atoms with van der Waals surface area (Å²) in [4.78, 5) is 0. The van der Waals surface area contributed by atoms with E-state index in [2.05, 4.69) is 17.4 Å². The lowest BCUT2D eigenvalue weighted by atomic mass is 10.0. The van der Waals surface area contributed by atoms with E-state index in [0.29, 0.717) is 25.0 Å². The molecule has 1 aliphatic carbocycles. The predicted octanol–water partition coefficient (Wildman–Crippen LogP) is 2.13. The number of nitrogens with one attached hydrogen (secondary N) is 1. The second kappa shape index (κ2) is 7.62. The monoisotopic (exact) mass is 279 g/mol. The highest BCUT2D eigenvalue weighted by Gasteiger charge is 2.33. The molecule has 2 atom stereocenters. The molecule has 2 rings (SSSR count). The van der Waals surface area contributed by atoms with Gasteiger partial charge in [0.2, 0.25) is 0 Å². The van der Waals surface area contributed by atoms with Gasteiger partial charge < -0.3 is 19.9 Å². The second-order valence-electron chi connectivity index (χ2n) is 5.42. The van der Waals surface area contributed by atoms with E-state index in [1.807, 2.05) is 12.1 Å². The fraction of sp³-hybridized carbons (Fsp3) is 0.625. The van der Waals surface area contributed by atoms with Crippen molar-refractivity contribution in [3.05, 3.63) is 29.8 Å². The van der Waals surface area contributed by atoms with Gasteiger partial charge in [-0.2, -0.15) is 0 Å². The molecule has 20 heavy (non-hydrogen) atoms. The quantitative estimate of drug-likeness (QED) is 0.727. The minimum atomic E-state index is 0.182. The number of hydrogen-bond acceptors (Lipinski definition) is 4. The van der Waals surface area contributed by atoms with E-state index in [1.54, 1.807) is 14.2 Å². The molecule has 4 nitrogen and oxygen atoms in total. The summed E-state index contributed by atoms with van der Waals surface area (Å²) in [5, 5.41) is 12.8. The summed E-state index contributed by atoms with van der Waals surface area (Å²) >= 11 is 0. The van der Waals surface area contributed by atoms with Gasteiger partial charge in [0.15, 0.2) is 0 Å². The van der Waals surface area contributed by atoms with Crippen LogP contribution >= 0.6 is 0 Å². The van der Waals surface area contributed by atoms with Crippen LogP contribution in [0.5, 0.6) is 5.75 Å². The molecule has 1 aliphatic rings. The molecule has 0 aromatic heterocycles. The van der Waals surface area contributed by atoms with Crippen molar-refractivity contribution in [1.82, 2.24) is 5.32 Å². The maximum absolute atomic E-state index is 9.16. The molecule has 1 aromatic carbocycles. The predicted molar refractivity (Wildman–Crippen MR) is 79.0 cm³/mol. The Balaban J connectivity index is 2.05. The first kappa shape index (κ1) is 15.3. The van der Waals surface area contributed by atoms with Gasteiger partial charge in [-0.1, -0.05) is 12.1 Å². The van der Waals surface area contributed by atoms with E-state index in [4.69, 9.17) is 14.6 Å². The van der Waals surface area contributed by atoms with Gasteiger partial charge in [-0.05, 0) is 42.9 Å². The topological polar surface area (TPSA) is 50.7 Å². The van der Waals surface area contributed by atoms with E-state index in [9.17, 15) is 0 Å². The molecule has 1 fully saturated rings. The second-order valence-corrected chi connectivity index (χ2v) is 5.42.